The van der Waals surface area contributed by atoms with E-state index in [1.807, 2.05) is 19.1 Å². The van der Waals surface area contributed by atoms with Crippen LogP contribution in [0.3, 0.4) is 0 Å². The second-order valence-corrected chi connectivity index (χ2v) is 6.41. The maximum Gasteiger partial charge on any atom is 0.161 e. The normalized spacial score (nSPS) is 12.7. The van der Waals surface area contributed by atoms with Gasteiger partial charge in [0.1, 0.15) is 0 Å². The average molecular weight is 319 g/mol. The molecule has 0 bridgehead atoms. The zero-order valence-electron chi connectivity index (χ0n) is 15.2. The van der Waals surface area contributed by atoms with Crippen LogP contribution in [0.1, 0.15) is 77.7 Å². The number of benzene rings is 1. The van der Waals surface area contributed by atoms with Crippen LogP contribution in [-0.2, 0) is 0 Å². The van der Waals surface area contributed by atoms with Crippen molar-refractivity contribution in [2.24, 2.45) is 5.92 Å². The number of hydrogen-bond donors (Lipinski definition) is 1. The van der Waals surface area contributed by atoms with E-state index >= 15 is 0 Å². The molecule has 1 aromatic rings. The molecule has 1 aromatic carbocycles. The van der Waals surface area contributed by atoms with E-state index in [1.54, 1.807) is 6.07 Å². The Morgan fingerprint density at radius 3 is 2.43 bits per heavy atom. The van der Waals surface area contributed by atoms with Gasteiger partial charge in [-0.25, -0.2) is 0 Å². The first-order valence-electron chi connectivity index (χ1n) is 9.31. The Hall–Kier alpha value is -1.44. The van der Waals surface area contributed by atoms with Gasteiger partial charge < -0.3 is 9.84 Å². The van der Waals surface area contributed by atoms with Crippen molar-refractivity contribution in [3.8, 4) is 11.5 Å². The predicted molar refractivity (Wildman–Crippen MR) is 100 cm³/mol. The number of ether oxygens (including phenoxy) is 1. The first kappa shape index (κ1) is 19.6. The molecule has 2 nitrogen and oxygen atoms in total. The summed E-state index contributed by atoms with van der Waals surface area (Å²) in [5.74, 6) is 1.37. The van der Waals surface area contributed by atoms with E-state index in [1.165, 1.54) is 51.4 Å². The SMILES string of the molecule is CCCCCCCCCC(C)C=Cc1ccc(O)c(OCC)c1. The molecule has 0 saturated carbocycles. The van der Waals surface area contributed by atoms with E-state index in [-0.39, 0.29) is 5.75 Å². The van der Waals surface area contributed by atoms with Gasteiger partial charge in [0.05, 0.1) is 6.61 Å². The Morgan fingerprint density at radius 2 is 1.74 bits per heavy atom. The van der Waals surface area contributed by atoms with Gasteiger partial charge in [0, 0.05) is 0 Å². The largest absolute Gasteiger partial charge is 0.504 e. The van der Waals surface area contributed by atoms with Crippen LogP contribution in [0, 0.1) is 5.92 Å². The molecule has 0 radical (unpaired) electrons. The zero-order valence-corrected chi connectivity index (χ0v) is 15.2. The lowest BCUT2D eigenvalue weighted by molar-refractivity contribution is 0.318. The summed E-state index contributed by atoms with van der Waals surface area (Å²) < 4.78 is 5.42. The van der Waals surface area contributed by atoms with Crippen molar-refractivity contribution in [1.82, 2.24) is 0 Å². The molecule has 1 rings (SSSR count). The summed E-state index contributed by atoms with van der Waals surface area (Å²) in [5.41, 5.74) is 1.08. The molecule has 2 heteroatoms. The lowest BCUT2D eigenvalue weighted by atomic mass is 10.0. The fourth-order valence-electron chi connectivity index (χ4n) is 2.70. The van der Waals surface area contributed by atoms with Crippen LogP contribution in [0.5, 0.6) is 11.5 Å². The maximum atomic E-state index is 9.71. The van der Waals surface area contributed by atoms with Gasteiger partial charge >= 0.3 is 0 Å². The summed E-state index contributed by atoms with van der Waals surface area (Å²) in [5, 5.41) is 9.71. The van der Waals surface area contributed by atoms with Gasteiger partial charge in [0.15, 0.2) is 11.5 Å². The summed E-state index contributed by atoms with van der Waals surface area (Å²) in [4.78, 5) is 0. The molecule has 0 aliphatic heterocycles. The van der Waals surface area contributed by atoms with Crippen molar-refractivity contribution in [1.29, 1.82) is 0 Å². The molecule has 1 N–H and O–H groups in total. The highest BCUT2D eigenvalue weighted by molar-refractivity contribution is 5.55. The fraction of sp³-hybridized carbons (Fsp3) is 0.619. The summed E-state index contributed by atoms with van der Waals surface area (Å²) in [6.45, 7) is 7.03. The third-order valence-electron chi connectivity index (χ3n) is 4.16. The number of allylic oxidation sites excluding steroid dienone is 1. The van der Waals surface area contributed by atoms with Crippen molar-refractivity contribution < 1.29 is 9.84 Å². The van der Waals surface area contributed by atoms with E-state index in [0.29, 0.717) is 18.3 Å². The van der Waals surface area contributed by atoms with Gasteiger partial charge in [0.2, 0.25) is 0 Å². The fourth-order valence-corrected chi connectivity index (χ4v) is 2.70. The number of phenols is 1. The third kappa shape index (κ3) is 8.68. The minimum atomic E-state index is 0.208. The van der Waals surface area contributed by atoms with Crippen LogP contribution >= 0.6 is 0 Å². The number of aromatic hydroxyl groups is 1. The van der Waals surface area contributed by atoms with Crippen molar-refractivity contribution in [2.45, 2.75) is 72.1 Å². The molecule has 0 amide bonds. The third-order valence-corrected chi connectivity index (χ3v) is 4.16. The second kappa shape index (κ2) is 12.0. The van der Waals surface area contributed by atoms with E-state index in [9.17, 15) is 5.11 Å². The van der Waals surface area contributed by atoms with Gasteiger partial charge in [0.25, 0.3) is 0 Å². The van der Waals surface area contributed by atoms with Crippen molar-refractivity contribution >= 4 is 6.08 Å². The molecule has 0 fully saturated rings. The smallest absolute Gasteiger partial charge is 0.161 e. The lowest BCUT2D eigenvalue weighted by Crippen LogP contribution is -1.92. The van der Waals surface area contributed by atoms with Crippen LogP contribution in [0.15, 0.2) is 24.3 Å². The number of hydrogen-bond acceptors (Lipinski definition) is 2. The van der Waals surface area contributed by atoms with Gasteiger partial charge in [-0.1, -0.05) is 77.0 Å². The Labute approximate surface area is 142 Å². The van der Waals surface area contributed by atoms with E-state index < -0.39 is 0 Å². The maximum absolute atomic E-state index is 9.71. The number of phenolic OH excluding ortho intramolecular Hbond substituents is 1. The van der Waals surface area contributed by atoms with Crippen LogP contribution in [0.25, 0.3) is 6.08 Å². The minimum absolute atomic E-state index is 0.208. The van der Waals surface area contributed by atoms with Gasteiger partial charge in [-0.05, 0) is 37.0 Å². The number of unbranched alkanes of at least 4 members (excludes halogenated alkanes) is 6. The second-order valence-electron chi connectivity index (χ2n) is 6.41. The molecule has 1 atom stereocenters. The first-order chi connectivity index (χ1) is 11.2. The standard InChI is InChI=1S/C21H34O2/c1-4-6-7-8-9-10-11-12-18(3)13-14-19-15-16-20(22)21(17-19)23-5-2/h13-18,22H,4-12H2,1-3H3. The van der Waals surface area contributed by atoms with E-state index in [0.717, 1.165) is 5.56 Å². The summed E-state index contributed by atoms with van der Waals surface area (Å²) in [6, 6.07) is 5.52. The van der Waals surface area contributed by atoms with Gasteiger partial charge in [-0.2, -0.15) is 0 Å². The van der Waals surface area contributed by atoms with Crippen molar-refractivity contribution in [3.05, 3.63) is 29.8 Å². The molecule has 0 spiro atoms. The summed E-state index contributed by atoms with van der Waals surface area (Å²) >= 11 is 0. The van der Waals surface area contributed by atoms with Gasteiger partial charge in [-0.3, -0.25) is 0 Å². The van der Waals surface area contributed by atoms with Crippen molar-refractivity contribution in [2.75, 3.05) is 6.61 Å². The molecular formula is C21H34O2. The molecule has 0 saturated heterocycles. The molecular weight excluding hydrogens is 284 g/mol. The quantitative estimate of drug-likeness (QED) is 0.441. The highest BCUT2D eigenvalue weighted by Gasteiger charge is 2.02. The van der Waals surface area contributed by atoms with Crippen LogP contribution < -0.4 is 4.74 Å². The Balaban J connectivity index is 2.29. The highest BCUT2D eigenvalue weighted by Crippen LogP contribution is 2.27. The molecule has 0 aliphatic rings. The van der Waals surface area contributed by atoms with Gasteiger partial charge in [-0.15, -0.1) is 0 Å². The summed E-state index contributed by atoms with van der Waals surface area (Å²) in [7, 11) is 0. The average Bonchev–Trinajstić information content (AvgIpc) is 2.55. The van der Waals surface area contributed by atoms with Crippen LogP contribution in [0.4, 0.5) is 0 Å². The van der Waals surface area contributed by atoms with Crippen LogP contribution in [0.2, 0.25) is 0 Å². The Morgan fingerprint density at radius 1 is 1.04 bits per heavy atom. The summed E-state index contributed by atoms with van der Waals surface area (Å²) in [6.07, 6.45) is 15.2. The Kier molecular flexibility index (Phi) is 10.3. The highest BCUT2D eigenvalue weighted by atomic mass is 16.5. The molecule has 130 valence electrons. The lowest BCUT2D eigenvalue weighted by Gasteiger charge is -2.08. The Bertz CT molecular complexity index is 451. The minimum Gasteiger partial charge on any atom is -0.504 e. The number of rotatable bonds is 12. The van der Waals surface area contributed by atoms with E-state index in [2.05, 4.69) is 26.0 Å². The molecule has 0 heterocycles. The topological polar surface area (TPSA) is 29.5 Å². The zero-order chi connectivity index (χ0) is 16.9. The molecule has 0 aromatic heterocycles. The first-order valence-corrected chi connectivity index (χ1v) is 9.31. The van der Waals surface area contributed by atoms with E-state index in [4.69, 9.17) is 4.74 Å². The molecule has 1 unspecified atom stereocenters. The van der Waals surface area contributed by atoms with Crippen LogP contribution in [-0.4, -0.2) is 11.7 Å². The van der Waals surface area contributed by atoms with Crippen molar-refractivity contribution in [3.63, 3.8) is 0 Å². The predicted octanol–water partition coefficient (Wildman–Crippen LogP) is 6.58. The molecule has 0 aliphatic carbocycles. The molecule has 23 heavy (non-hydrogen) atoms. The monoisotopic (exact) mass is 318 g/mol.